The third kappa shape index (κ3) is 1.32. The molecule has 0 radical (unpaired) electrons. The minimum absolute atomic E-state index is 0.0268. The van der Waals surface area contributed by atoms with Crippen molar-refractivity contribution in [1.82, 2.24) is 9.55 Å². The second kappa shape index (κ2) is 3.56. The van der Waals surface area contributed by atoms with E-state index in [1.165, 1.54) is 18.6 Å². The van der Waals surface area contributed by atoms with E-state index in [-0.39, 0.29) is 17.0 Å². The lowest BCUT2D eigenvalue weighted by Gasteiger charge is -2.26. The molecule has 0 bridgehead atoms. The molecule has 0 fully saturated rings. The van der Waals surface area contributed by atoms with Gasteiger partial charge >= 0.3 is 5.97 Å². The van der Waals surface area contributed by atoms with E-state index in [2.05, 4.69) is 4.98 Å². The van der Waals surface area contributed by atoms with Gasteiger partial charge in [-0.2, -0.15) is 0 Å². The predicted octanol–water partition coefficient (Wildman–Crippen LogP) is 1.05. The SMILES string of the molecule is CC1COc2cncc3c(=O)c(C(=O)O)cn1c23. The van der Waals surface area contributed by atoms with Gasteiger partial charge in [0.2, 0.25) is 5.43 Å². The maximum atomic E-state index is 12.0. The number of rotatable bonds is 1. The summed E-state index contributed by atoms with van der Waals surface area (Å²) in [4.78, 5) is 27.0. The molecule has 1 N–H and O–H groups in total. The molecule has 92 valence electrons. The van der Waals surface area contributed by atoms with Crippen LogP contribution < -0.4 is 10.2 Å². The molecule has 0 aromatic carbocycles. The van der Waals surface area contributed by atoms with Crippen LogP contribution in [0.25, 0.3) is 10.9 Å². The second-order valence-electron chi connectivity index (χ2n) is 4.28. The van der Waals surface area contributed by atoms with Crippen molar-refractivity contribution in [2.45, 2.75) is 13.0 Å². The van der Waals surface area contributed by atoms with Gasteiger partial charge in [-0.25, -0.2) is 4.79 Å². The molecule has 3 rings (SSSR count). The van der Waals surface area contributed by atoms with Crippen LogP contribution >= 0.6 is 0 Å². The topological polar surface area (TPSA) is 81.4 Å². The van der Waals surface area contributed by atoms with Crippen LogP contribution in [0.1, 0.15) is 23.3 Å². The highest BCUT2D eigenvalue weighted by Crippen LogP contribution is 2.30. The van der Waals surface area contributed by atoms with Crippen LogP contribution in [-0.4, -0.2) is 27.2 Å². The van der Waals surface area contributed by atoms with Gasteiger partial charge in [-0.1, -0.05) is 0 Å². The normalized spacial score (nSPS) is 17.5. The average molecular weight is 246 g/mol. The number of hydrogen-bond acceptors (Lipinski definition) is 4. The molecule has 0 aliphatic carbocycles. The van der Waals surface area contributed by atoms with Crippen LogP contribution in [0.15, 0.2) is 23.4 Å². The highest BCUT2D eigenvalue weighted by Gasteiger charge is 2.23. The lowest BCUT2D eigenvalue weighted by atomic mass is 10.1. The average Bonchev–Trinajstić information content (AvgIpc) is 2.35. The Bertz CT molecular complexity index is 720. The number of carboxylic acids is 1. The number of ether oxygens (including phenoxy) is 1. The fourth-order valence-corrected chi connectivity index (χ4v) is 2.17. The molecule has 2 aromatic rings. The zero-order valence-electron chi connectivity index (χ0n) is 9.58. The summed E-state index contributed by atoms with van der Waals surface area (Å²) < 4.78 is 7.26. The van der Waals surface area contributed by atoms with Gasteiger partial charge in [0.05, 0.1) is 23.1 Å². The van der Waals surface area contributed by atoms with Crippen LogP contribution in [0.2, 0.25) is 0 Å². The molecule has 1 unspecified atom stereocenters. The fraction of sp³-hybridized carbons (Fsp3) is 0.250. The molecule has 0 spiro atoms. The summed E-state index contributed by atoms with van der Waals surface area (Å²) in [5, 5.41) is 9.33. The van der Waals surface area contributed by atoms with Gasteiger partial charge < -0.3 is 14.4 Å². The van der Waals surface area contributed by atoms with Crippen molar-refractivity contribution in [1.29, 1.82) is 0 Å². The molecule has 0 saturated carbocycles. The van der Waals surface area contributed by atoms with Gasteiger partial charge in [-0.05, 0) is 6.92 Å². The Hall–Kier alpha value is -2.37. The highest BCUT2D eigenvalue weighted by atomic mass is 16.5. The van der Waals surface area contributed by atoms with Gasteiger partial charge in [0.1, 0.15) is 12.2 Å². The molecule has 6 heteroatoms. The quantitative estimate of drug-likeness (QED) is 0.813. The first-order chi connectivity index (χ1) is 8.59. The number of aromatic carboxylic acids is 1. The minimum atomic E-state index is -1.23. The molecule has 1 aliphatic rings. The minimum Gasteiger partial charge on any atom is -0.488 e. The van der Waals surface area contributed by atoms with Crippen LogP contribution in [0, 0.1) is 0 Å². The van der Waals surface area contributed by atoms with Crippen molar-refractivity contribution in [3.05, 3.63) is 34.4 Å². The Balaban J connectivity index is 2.52. The van der Waals surface area contributed by atoms with Crippen molar-refractivity contribution in [2.75, 3.05) is 6.61 Å². The zero-order chi connectivity index (χ0) is 12.9. The number of pyridine rings is 2. The van der Waals surface area contributed by atoms with E-state index in [0.717, 1.165) is 0 Å². The van der Waals surface area contributed by atoms with Crippen molar-refractivity contribution in [3.63, 3.8) is 0 Å². The van der Waals surface area contributed by atoms with Gasteiger partial charge in [0, 0.05) is 12.4 Å². The lowest BCUT2D eigenvalue weighted by Crippen LogP contribution is -2.26. The lowest BCUT2D eigenvalue weighted by molar-refractivity contribution is 0.0694. The maximum Gasteiger partial charge on any atom is 0.341 e. The Morgan fingerprint density at radius 2 is 2.33 bits per heavy atom. The number of nitrogens with zero attached hydrogens (tertiary/aromatic N) is 2. The van der Waals surface area contributed by atoms with E-state index < -0.39 is 11.4 Å². The Morgan fingerprint density at radius 1 is 1.56 bits per heavy atom. The van der Waals surface area contributed by atoms with Crippen LogP contribution in [-0.2, 0) is 0 Å². The predicted molar refractivity (Wildman–Crippen MR) is 63.2 cm³/mol. The summed E-state index contributed by atoms with van der Waals surface area (Å²) in [6.07, 6.45) is 4.29. The number of hydrogen-bond donors (Lipinski definition) is 1. The molecule has 1 aliphatic heterocycles. The molecular formula is C12H10N2O4. The van der Waals surface area contributed by atoms with Crippen molar-refractivity contribution in [2.24, 2.45) is 0 Å². The molecule has 1 atom stereocenters. The third-order valence-electron chi connectivity index (χ3n) is 3.08. The standard InChI is InChI=1S/C12H10N2O4/c1-6-5-18-9-3-13-2-7-10(9)14(6)4-8(11(7)15)12(16)17/h2-4,6H,5H2,1H3,(H,16,17). The largest absolute Gasteiger partial charge is 0.488 e. The van der Waals surface area contributed by atoms with E-state index in [1.807, 2.05) is 6.92 Å². The van der Waals surface area contributed by atoms with Gasteiger partial charge in [-0.3, -0.25) is 9.78 Å². The van der Waals surface area contributed by atoms with E-state index in [1.54, 1.807) is 4.57 Å². The number of carboxylic acid groups (broad SMARTS) is 1. The summed E-state index contributed by atoms with van der Waals surface area (Å²) in [6.45, 7) is 2.33. The summed E-state index contributed by atoms with van der Waals surface area (Å²) in [5.74, 6) is -0.714. The third-order valence-corrected chi connectivity index (χ3v) is 3.08. The first-order valence-corrected chi connectivity index (χ1v) is 5.48. The van der Waals surface area contributed by atoms with Crippen LogP contribution in [0.3, 0.4) is 0 Å². The maximum absolute atomic E-state index is 12.0. The summed E-state index contributed by atoms with van der Waals surface area (Å²) in [6, 6.07) is -0.0268. The number of aromatic nitrogens is 2. The summed E-state index contributed by atoms with van der Waals surface area (Å²) in [5.41, 5.74) is -0.158. The van der Waals surface area contributed by atoms with Crippen LogP contribution in [0.5, 0.6) is 5.75 Å². The zero-order valence-corrected chi connectivity index (χ0v) is 9.58. The Kier molecular flexibility index (Phi) is 2.13. The van der Waals surface area contributed by atoms with Gasteiger partial charge in [0.15, 0.2) is 5.75 Å². The molecular weight excluding hydrogens is 236 g/mol. The summed E-state index contributed by atoms with van der Waals surface area (Å²) in [7, 11) is 0. The number of carbonyl (C=O) groups is 1. The van der Waals surface area contributed by atoms with Crippen LogP contribution in [0.4, 0.5) is 0 Å². The van der Waals surface area contributed by atoms with E-state index >= 15 is 0 Å². The molecule has 2 aromatic heterocycles. The van der Waals surface area contributed by atoms with Gasteiger partial charge in [0.25, 0.3) is 0 Å². The fourth-order valence-electron chi connectivity index (χ4n) is 2.17. The molecule has 6 nitrogen and oxygen atoms in total. The Morgan fingerprint density at radius 3 is 3.06 bits per heavy atom. The summed E-state index contributed by atoms with van der Waals surface area (Å²) >= 11 is 0. The van der Waals surface area contributed by atoms with Crippen molar-refractivity contribution < 1.29 is 14.6 Å². The van der Waals surface area contributed by atoms with E-state index in [0.29, 0.717) is 17.9 Å². The first-order valence-electron chi connectivity index (χ1n) is 5.48. The van der Waals surface area contributed by atoms with Gasteiger partial charge in [-0.15, -0.1) is 0 Å². The van der Waals surface area contributed by atoms with Crippen molar-refractivity contribution in [3.8, 4) is 5.75 Å². The monoisotopic (exact) mass is 246 g/mol. The molecule has 0 saturated heterocycles. The molecule has 18 heavy (non-hydrogen) atoms. The molecule has 3 heterocycles. The Labute approximate surface area is 101 Å². The van der Waals surface area contributed by atoms with Crippen molar-refractivity contribution >= 4 is 16.9 Å². The van der Waals surface area contributed by atoms with E-state index in [4.69, 9.17) is 9.84 Å². The second-order valence-corrected chi connectivity index (χ2v) is 4.28. The smallest absolute Gasteiger partial charge is 0.341 e. The highest BCUT2D eigenvalue weighted by molar-refractivity contribution is 5.94. The van der Waals surface area contributed by atoms with E-state index in [9.17, 15) is 9.59 Å². The molecule has 0 amide bonds. The first kappa shape index (κ1) is 10.8.